The van der Waals surface area contributed by atoms with Crippen molar-refractivity contribution in [3.05, 3.63) is 18.2 Å². The lowest BCUT2D eigenvalue weighted by Crippen LogP contribution is -1.95. The summed E-state index contributed by atoms with van der Waals surface area (Å²) in [6.45, 7) is 0. The molecule has 0 unspecified atom stereocenters. The van der Waals surface area contributed by atoms with Crippen LogP contribution >= 0.6 is 23.2 Å². The third kappa shape index (κ3) is 1.30. The van der Waals surface area contributed by atoms with Crippen LogP contribution in [-0.2, 0) is 0 Å². The summed E-state index contributed by atoms with van der Waals surface area (Å²) in [6.07, 6.45) is 2.82. The Balaban J connectivity index is 2.76. The van der Waals surface area contributed by atoms with Gasteiger partial charge in [-0.2, -0.15) is 0 Å². The Hall–Kier alpha value is -1.33. The third-order valence-corrected chi connectivity index (χ3v) is 2.29. The number of nitrogen functional groups attached to an aromatic ring is 1. The topological polar surface area (TPSA) is 69.6 Å². The molecule has 0 fully saturated rings. The van der Waals surface area contributed by atoms with E-state index < -0.39 is 0 Å². The second kappa shape index (κ2) is 3.43. The molecule has 0 radical (unpaired) electrons. The maximum absolute atomic E-state index is 5.81. The first kappa shape index (κ1) is 9.23. The van der Waals surface area contributed by atoms with E-state index in [1.807, 2.05) is 0 Å². The fourth-order valence-corrected chi connectivity index (χ4v) is 1.29. The lowest BCUT2D eigenvalue weighted by atomic mass is 10.5. The molecule has 0 atom stereocenters. The van der Waals surface area contributed by atoms with E-state index in [4.69, 9.17) is 28.9 Å². The molecule has 2 heterocycles. The van der Waals surface area contributed by atoms with Crippen molar-refractivity contribution in [3.8, 4) is 0 Å². The molecule has 0 aliphatic rings. The summed E-state index contributed by atoms with van der Waals surface area (Å²) in [5.74, 6) is 0.313. The molecule has 0 saturated heterocycles. The molecular weight excluding hydrogens is 225 g/mol. The number of nitrogens with zero attached hydrogens (tertiary/aromatic N) is 4. The van der Waals surface area contributed by atoms with Crippen LogP contribution in [0.4, 0.5) is 5.82 Å². The zero-order chi connectivity index (χ0) is 10.1. The predicted octanol–water partition coefficient (Wildman–Crippen LogP) is 1.64. The number of imidazole rings is 1. The van der Waals surface area contributed by atoms with E-state index in [2.05, 4.69) is 15.0 Å². The average Bonchev–Trinajstić information content (AvgIpc) is 2.62. The number of rotatable bonds is 1. The van der Waals surface area contributed by atoms with Crippen LogP contribution in [0.2, 0.25) is 0 Å². The van der Waals surface area contributed by atoms with Crippen LogP contribution in [0, 0.1) is 0 Å². The largest absolute Gasteiger partial charge is 0.382 e. The first-order valence-corrected chi connectivity index (χ1v) is 4.45. The van der Waals surface area contributed by atoms with E-state index in [1.54, 1.807) is 0 Å². The standard InChI is InChI=1S/C7H5Cl2N5/c8-1-4(9)14-3-13-5-6(10)11-2-12-7(5)14/h1-3H,(H2,10,11,12)/b4-1+. The molecule has 0 aliphatic carbocycles. The fourth-order valence-electron chi connectivity index (χ4n) is 1.06. The molecule has 2 N–H and O–H groups in total. The van der Waals surface area contributed by atoms with Crippen molar-refractivity contribution >= 4 is 45.3 Å². The Morgan fingerprint density at radius 3 is 2.93 bits per heavy atom. The van der Waals surface area contributed by atoms with Crippen molar-refractivity contribution in [1.82, 2.24) is 19.5 Å². The molecule has 0 amide bonds. The summed E-state index contributed by atoms with van der Waals surface area (Å²) in [6, 6.07) is 0. The molecule has 2 aromatic rings. The number of hydrogen-bond donors (Lipinski definition) is 1. The molecule has 0 bridgehead atoms. The maximum atomic E-state index is 5.81. The van der Waals surface area contributed by atoms with Crippen LogP contribution in [0.5, 0.6) is 0 Å². The quantitative estimate of drug-likeness (QED) is 0.808. The summed E-state index contributed by atoms with van der Waals surface area (Å²) >= 11 is 11.3. The maximum Gasteiger partial charge on any atom is 0.170 e. The normalized spacial score (nSPS) is 12.3. The summed E-state index contributed by atoms with van der Waals surface area (Å²) in [7, 11) is 0. The van der Waals surface area contributed by atoms with Gasteiger partial charge >= 0.3 is 0 Å². The smallest absolute Gasteiger partial charge is 0.170 e. The minimum atomic E-state index is 0.298. The van der Waals surface area contributed by atoms with E-state index in [-0.39, 0.29) is 0 Å². The van der Waals surface area contributed by atoms with Crippen molar-refractivity contribution < 1.29 is 0 Å². The monoisotopic (exact) mass is 229 g/mol. The minimum Gasteiger partial charge on any atom is -0.382 e. The lowest BCUT2D eigenvalue weighted by Gasteiger charge is -1.98. The van der Waals surface area contributed by atoms with Gasteiger partial charge in [-0.25, -0.2) is 15.0 Å². The highest BCUT2D eigenvalue weighted by Crippen LogP contribution is 2.20. The molecule has 0 saturated carbocycles. The Morgan fingerprint density at radius 1 is 1.43 bits per heavy atom. The van der Waals surface area contributed by atoms with E-state index in [1.165, 1.54) is 22.8 Å². The fraction of sp³-hybridized carbons (Fsp3) is 0. The van der Waals surface area contributed by atoms with E-state index >= 15 is 0 Å². The summed E-state index contributed by atoms with van der Waals surface area (Å²) in [5.41, 5.74) is 7.84. The number of anilines is 1. The SMILES string of the molecule is Nc1ncnc2c1ncn2/C(Cl)=C/Cl. The van der Waals surface area contributed by atoms with Crippen LogP contribution in [0.3, 0.4) is 0 Å². The number of fused-ring (bicyclic) bond motifs is 1. The average molecular weight is 230 g/mol. The highest BCUT2D eigenvalue weighted by Gasteiger charge is 2.08. The highest BCUT2D eigenvalue weighted by atomic mass is 35.5. The molecule has 7 heteroatoms. The molecule has 5 nitrogen and oxygen atoms in total. The molecule has 0 aliphatic heterocycles. The predicted molar refractivity (Wildman–Crippen MR) is 55.7 cm³/mol. The lowest BCUT2D eigenvalue weighted by molar-refractivity contribution is 1.11. The zero-order valence-electron chi connectivity index (χ0n) is 6.85. The van der Waals surface area contributed by atoms with Crippen LogP contribution < -0.4 is 5.73 Å². The van der Waals surface area contributed by atoms with Crippen LogP contribution in [0.15, 0.2) is 18.2 Å². The van der Waals surface area contributed by atoms with Gasteiger partial charge in [-0.15, -0.1) is 0 Å². The molecule has 2 rings (SSSR count). The second-order valence-corrected chi connectivity index (χ2v) is 3.08. The van der Waals surface area contributed by atoms with Gasteiger partial charge < -0.3 is 5.73 Å². The summed E-state index contributed by atoms with van der Waals surface area (Å²) in [4.78, 5) is 11.8. The number of aromatic nitrogens is 4. The van der Waals surface area contributed by atoms with Crippen LogP contribution in [0.1, 0.15) is 0 Å². The van der Waals surface area contributed by atoms with Gasteiger partial charge in [0.25, 0.3) is 0 Å². The summed E-state index contributed by atoms with van der Waals surface area (Å²) in [5, 5.41) is 0.298. The van der Waals surface area contributed by atoms with Gasteiger partial charge in [0, 0.05) is 5.54 Å². The zero-order valence-corrected chi connectivity index (χ0v) is 8.37. The van der Waals surface area contributed by atoms with Crippen LogP contribution in [0.25, 0.3) is 16.3 Å². The molecular formula is C7H5Cl2N5. The van der Waals surface area contributed by atoms with E-state index in [0.29, 0.717) is 22.1 Å². The highest BCUT2D eigenvalue weighted by molar-refractivity contribution is 6.50. The molecule has 0 spiro atoms. The third-order valence-electron chi connectivity index (χ3n) is 1.68. The van der Waals surface area contributed by atoms with Crippen molar-refractivity contribution in [2.75, 3.05) is 5.73 Å². The molecule has 0 aromatic carbocycles. The number of nitrogens with two attached hydrogens (primary N) is 1. The minimum absolute atomic E-state index is 0.298. The van der Waals surface area contributed by atoms with E-state index in [9.17, 15) is 0 Å². The van der Waals surface area contributed by atoms with Gasteiger partial charge in [0.2, 0.25) is 0 Å². The van der Waals surface area contributed by atoms with Gasteiger partial charge in [-0.3, -0.25) is 4.57 Å². The van der Waals surface area contributed by atoms with Crippen molar-refractivity contribution in [2.24, 2.45) is 0 Å². The van der Waals surface area contributed by atoms with Gasteiger partial charge in [0.15, 0.2) is 17.0 Å². The molecule has 14 heavy (non-hydrogen) atoms. The Morgan fingerprint density at radius 2 is 2.21 bits per heavy atom. The Labute approximate surface area is 89.2 Å². The Kier molecular flexibility index (Phi) is 2.26. The van der Waals surface area contributed by atoms with Gasteiger partial charge in [-0.05, 0) is 0 Å². The first-order chi connectivity index (χ1) is 6.74. The summed E-state index contributed by atoms with van der Waals surface area (Å²) < 4.78 is 1.52. The number of halogens is 2. The van der Waals surface area contributed by atoms with Crippen LogP contribution in [-0.4, -0.2) is 19.5 Å². The van der Waals surface area contributed by atoms with Crippen molar-refractivity contribution in [2.45, 2.75) is 0 Å². The van der Waals surface area contributed by atoms with Gasteiger partial charge in [0.1, 0.15) is 17.8 Å². The van der Waals surface area contributed by atoms with Gasteiger partial charge in [0.05, 0.1) is 0 Å². The Bertz CT molecular complexity index is 504. The molecule has 2 aromatic heterocycles. The van der Waals surface area contributed by atoms with Crippen molar-refractivity contribution in [1.29, 1.82) is 0 Å². The van der Waals surface area contributed by atoms with Crippen molar-refractivity contribution in [3.63, 3.8) is 0 Å². The first-order valence-electron chi connectivity index (χ1n) is 3.64. The second-order valence-electron chi connectivity index (χ2n) is 2.48. The number of hydrogen-bond acceptors (Lipinski definition) is 4. The van der Waals surface area contributed by atoms with Gasteiger partial charge in [-0.1, -0.05) is 23.2 Å². The van der Waals surface area contributed by atoms with E-state index in [0.717, 1.165) is 0 Å². The molecule has 72 valence electrons.